The molecule has 94 valence electrons. The van der Waals surface area contributed by atoms with E-state index in [1.54, 1.807) is 0 Å². The van der Waals surface area contributed by atoms with Crippen LogP contribution < -0.4 is 5.11 Å². The standard InChI is InChI=1S/C10H18O6/c1-6(2)4-5-10(15,9(13)14)7(11)8(12)16-3/h6-7,11,15H,4-5H2,1-3H3,(H,13,14)/p-1. The van der Waals surface area contributed by atoms with Gasteiger partial charge in [-0.2, -0.15) is 0 Å². The van der Waals surface area contributed by atoms with Gasteiger partial charge in [0.1, 0.15) is 5.60 Å². The molecule has 16 heavy (non-hydrogen) atoms. The van der Waals surface area contributed by atoms with Gasteiger partial charge in [0.05, 0.1) is 13.1 Å². The highest BCUT2D eigenvalue weighted by atomic mass is 16.5. The Labute approximate surface area is 93.8 Å². The molecule has 0 saturated heterocycles. The molecular formula is C10H17O6-. The van der Waals surface area contributed by atoms with Gasteiger partial charge in [-0.3, -0.25) is 0 Å². The summed E-state index contributed by atoms with van der Waals surface area (Å²) in [4.78, 5) is 21.8. The maximum absolute atomic E-state index is 11.0. The molecule has 0 aromatic heterocycles. The molecule has 0 rings (SSSR count). The number of carboxylic acids is 1. The molecule has 0 aliphatic carbocycles. The van der Waals surface area contributed by atoms with Gasteiger partial charge in [-0.15, -0.1) is 0 Å². The van der Waals surface area contributed by atoms with Gasteiger partial charge >= 0.3 is 5.97 Å². The highest BCUT2D eigenvalue weighted by Gasteiger charge is 2.42. The second-order valence-corrected chi connectivity index (χ2v) is 4.07. The second kappa shape index (κ2) is 5.81. The zero-order valence-corrected chi connectivity index (χ0v) is 9.60. The molecule has 6 nitrogen and oxygen atoms in total. The molecule has 0 radical (unpaired) electrons. The molecule has 0 aromatic rings. The second-order valence-electron chi connectivity index (χ2n) is 4.07. The Morgan fingerprint density at radius 3 is 2.25 bits per heavy atom. The number of aliphatic hydroxyl groups is 2. The number of hydrogen-bond donors (Lipinski definition) is 2. The first kappa shape index (κ1) is 14.9. The predicted octanol–water partition coefficient (Wildman–Crippen LogP) is -1.56. The molecule has 0 spiro atoms. The summed E-state index contributed by atoms with van der Waals surface area (Å²) >= 11 is 0. The van der Waals surface area contributed by atoms with Crippen molar-refractivity contribution in [2.75, 3.05) is 7.11 Å². The highest BCUT2D eigenvalue weighted by molar-refractivity contribution is 5.86. The van der Waals surface area contributed by atoms with Gasteiger partial charge in [-0.1, -0.05) is 13.8 Å². The lowest BCUT2D eigenvalue weighted by Gasteiger charge is -2.32. The van der Waals surface area contributed by atoms with Crippen LogP contribution in [0, 0.1) is 5.92 Å². The fourth-order valence-electron chi connectivity index (χ4n) is 1.17. The monoisotopic (exact) mass is 233 g/mol. The van der Waals surface area contributed by atoms with Crippen molar-refractivity contribution in [3.63, 3.8) is 0 Å². The van der Waals surface area contributed by atoms with Crippen molar-refractivity contribution in [2.45, 2.75) is 38.4 Å². The summed E-state index contributed by atoms with van der Waals surface area (Å²) in [7, 11) is 0.990. The third-order valence-electron chi connectivity index (χ3n) is 2.33. The van der Waals surface area contributed by atoms with Gasteiger partial charge in [0, 0.05) is 0 Å². The Kier molecular flexibility index (Phi) is 5.40. The fraction of sp³-hybridized carbons (Fsp3) is 0.800. The van der Waals surface area contributed by atoms with E-state index in [0.29, 0.717) is 6.42 Å². The van der Waals surface area contributed by atoms with E-state index in [-0.39, 0.29) is 12.3 Å². The summed E-state index contributed by atoms with van der Waals surface area (Å²) in [5, 5.41) is 29.8. The molecule has 0 aliphatic heterocycles. The third-order valence-corrected chi connectivity index (χ3v) is 2.33. The SMILES string of the molecule is COC(=O)C(O)C(O)(CCC(C)C)C(=O)[O-]. The number of carboxylic acid groups (broad SMARTS) is 1. The van der Waals surface area contributed by atoms with Crippen LogP contribution in [0.25, 0.3) is 0 Å². The number of aliphatic hydroxyl groups excluding tert-OH is 1. The van der Waals surface area contributed by atoms with Crippen LogP contribution in [0.5, 0.6) is 0 Å². The van der Waals surface area contributed by atoms with Crippen molar-refractivity contribution in [1.82, 2.24) is 0 Å². The first-order chi connectivity index (χ1) is 7.25. The molecular weight excluding hydrogens is 216 g/mol. The lowest BCUT2D eigenvalue weighted by atomic mass is 9.88. The summed E-state index contributed by atoms with van der Waals surface area (Å²) in [6.45, 7) is 3.64. The molecule has 0 aromatic carbocycles. The molecule has 0 aliphatic rings. The number of aliphatic carboxylic acids is 1. The third kappa shape index (κ3) is 3.46. The molecule has 2 N–H and O–H groups in total. The van der Waals surface area contributed by atoms with Crippen molar-refractivity contribution in [2.24, 2.45) is 5.92 Å². The van der Waals surface area contributed by atoms with E-state index < -0.39 is 23.6 Å². The average Bonchev–Trinajstić information content (AvgIpc) is 2.23. The molecule has 0 bridgehead atoms. The average molecular weight is 233 g/mol. The molecule has 2 atom stereocenters. The Morgan fingerprint density at radius 1 is 1.44 bits per heavy atom. The normalized spacial score (nSPS) is 16.6. The van der Waals surface area contributed by atoms with Crippen LogP contribution >= 0.6 is 0 Å². The van der Waals surface area contributed by atoms with Crippen LogP contribution in [0.4, 0.5) is 0 Å². The zero-order chi connectivity index (χ0) is 12.9. The number of esters is 1. The van der Waals surface area contributed by atoms with Crippen LogP contribution in [0.2, 0.25) is 0 Å². The van der Waals surface area contributed by atoms with Crippen LogP contribution in [-0.4, -0.2) is 41.0 Å². The van der Waals surface area contributed by atoms with Gasteiger partial charge in [-0.25, -0.2) is 4.79 Å². The van der Waals surface area contributed by atoms with Gasteiger partial charge in [-0.05, 0) is 18.8 Å². The summed E-state index contributed by atoms with van der Waals surface area (Å²) in [5.74, 6) is -2.96. The first-order valence-corrected chi connectivity index (χ1v) is 4.95. The van der Waals surface area contributed by atoms with Crippen LogP contribution in [-0.2, 0) is 14.3 Å². The van der Waals surface area contributed by atoms with Crippen molar-refractivity contribution in [3.05, 3.63) is 0 Å². The Morgan fingerprint density at radius 2 is 1.94 bits per heavy atom. The van der Waals surface area contributed by atoms with E-state index >= 15 is 0 Å². The summed E-state index contributed by atoms with van der Waals surface area (Å²) in [6.07, 6.45) is -2.08. The van der Waals surface area contributed by atoms with E-state index in [4.69, 9.17) is 0 Å². The highest BCUT2D eigenvalue weighted by Crippen LogP contribution is 2.21. The molecule has 2 unspecified atom stereocenters. The number of methoxy groups -OCH3 is 1. The molecule has 0 heterocycles. The van der Waals surface area contributed by atoms with Crippen molar-refractivity contribution in [1.29, 1.82) is 0 Å². The molecule has 0 saturated carbocycles. The quantitative estimate of drug-likeness (QED) is 0.537. The van der Waals surface area contributed by atoms with Crippen molar-refractivity contribution in [3.8, 4) is 0 Å². The maximum atomic E-state index is 11.0. The van der Waals surface area contributed by atoms with E-state index in [1.165, 1.54) is 0 Å². The number of ether oxygens (including phenoxy) is 1. The predicted molar refractivity (Wildman–Crippen MR) is 52.1 cm³/mol. The molecule has 6 heteroatoms. The number of hydrogen-bond acceptors (Lipinski definition) is 6. The largest absolute Gasteiger partial charge is 0.547 e. The van der Waals surface area contributed by atoms with Gasteiger partial charge < -0.3 is 24.9 Å². The van der Waals surface area contributed by atoms with Crippen LogP contribution in [0.15, 0.2) is 0 Å². The van der Waals surface area contributed by atoms with Crippen molar-refractivity contribution >= 4 is 11.9 Å². The minimum absolute atomic E-state index is 0.121. The smallest absolute Gasteiger partial charge is 0.338 e. The summed E-state index contributed by atoms with van der Waals surface area (Å²) < 4.78 is 4.18. The van der Waals surface area contributed by atoms with Crippen molar-refractivity contribution < 1.29 is 29.6 Å². The minimum atomic E-state index is -2.60. The Balaban J connectivity index is 4.81. The number of rotatable bonds is 6. The minimum Gasteiger partial charge on any atom is -0.547 e. The van der Waals surface area contributed by atoms with E-state index in [1.807, 2.05) is 13.8 Å². The topological polar surface area (TPSA) is 107 Å². The first-order valence-electron chi connectivity index (χ1n) is 4.95. The van der Waals surface area contributed by atoms with Crippen LogP contribution in [0.3, 0.4) is 0 Å². The van der Waals surface area contributed by atoms with E-state index in [9.17, 15) is 24.9 Å². The maximum Gasteiger partial charge on any atom is 0.338 e. The van der Waals surface area contributed by atoms with Gasteiger partial charge in [0.15, 0.2) is 6.10 Å². The van der Waals surface area contributed by atoms with Crippen LogP contribution in [0.1, 0.15) is 26.7 Å². The lowest BCUT2D eigenvalue weighted by Crippen LogP contribution is -2.59. The zero-order valence-electron chi connectivity index (χ0n) is 9.60. The van der Waals surface area contributed by atoms with E-state index in [2.05, 4.69) is 4.74 Å². The number of carbonyl (C=O) groups excluding carboxylic acids is 2. The Hall–Kier alpha value is -1.14. The summed E-state index contributed by atoms with van der Waals surface area (Å²) in [6, 6.07) is 0. The lowest BCUT2D eigenvalue weighted by molar-refractivity contribution is -0.330. The van der Waals surface area contributed by atoms with Gasteiger partial charge in [0.25, 0.3) is 0 Å². The fourth-order valence-corrected chi connectivity index (χ4v) is 1.17. The van der Waals surface area contributed by atoms with E-state index in [0.717, 1.165) is 7.11 Å². The Bertz CT molecular complexity index is 262. The summed E-state index contributed by atoms with van der Waals surface area (Å²) in [5.41, 5.74) is -2.60. The molecule has 0 fully saturated rings. The molecule has 0 amide bonds. The number of carbonyl (C=O) groups is 2. The van der Waals surface area contributed by atoms with Gasteiger partial charge in [0.2, 0.25) is 0 Å².